The Kier molecular flexibility index (Phi) is 3.17. The van der Waals surface area contributed by atoms with Crippen LogP contribution in [-0.2, 0) is 6.54 Å². The largest absolute Gasteiger partial charge is 0.327 e. The predicted octanol–water partition coefficient (Wildman–Crippen LogP) is 2.15. The number of hydrogen-bond donors (Lipinski definition) is 2. The number of rotatable bonds is 4. The van der Waals surface area contributed by atoms with Crippen LogP contribution < -0.4 is 11.1 Å². The molecule has 3 N–H and O–H groups in total. The van der Waals surface area contributed by atoms with E-state index in [1.807, 2.05) is 0 Å². The van der Waals surface area contributed by atoms with E-state index in [0.717, 1.165) is 30.8 Å². The van der Waals surface area contributed by atoms with Crippen molar-refractivity contribution in [1.82, 2.24) is 5.32 Å². The van der Waals surface area contributed by atoms with E-state index < -0.39 is 0 Å². The first-order chi connectivity index (χ1) is 8.34. The Balaban J connectivity index is 1.49. The maximum absolute atomic E-state index is 6.30. The van der Waals surface area contributed by atoms with Gasteiger partial charge in [0.25, 0.3) is 0 Å². The molecule has 2 aliphatic carbocycles. The van der Waals surface area contributed by atoms with Gasteiger partial charge in [-0.3, -0.25) is 0 Å². The molecule has 2 bridgehead atoms. The van der Waals surface area contributed by atoms with Crippen LogP contribution in [0.4, 0.5) is 0 Å². The van der Waals surface area contributed by atoms with Crippen LogP contribution >= 0.6 is 0 Å². The Morgan fingerprint density at radius 2 is 1.88 bits per heavy atom. The first kappa shape index (κ1) is 11.2. The zero-order chi connectivity index (χ0) is 11.7. The second-order valence-corrected chi connectivity index (χ2v) is 5.69. The first-order valence-electron chi connectivity index (χ1n) is 6.85. The molecule has 4 atom stereocenters. The standard InChI is InChI=1S/C15H22N2/c16-15-13-7-6-12(8-13)14(15)10-17-9-11-4-2-1-3-5-11/h1-5,12-15,17H,6-10,16H2. The molecule has 17 heavy (non-hydrogen) atoms. The highest BCUT2D eigenvalue weighted by molar-refractivity contribution is 5.14. The predicted molar refractivity (Wildman–Crippen MR) is 70.4 cm³/mol. The molecule has 4 unspecified atom stereocenters. The van der Waals surface area contributed by atoms with Crippen LogP contribution in [0.15, 0.2) is 30.3 Å². The van der Waals surface area contributed by atoms with Gasteiger partial charge in [-0.25, -0.2) is 0 Å². The van der Waals surface area contributed by atoms with Crippen molar-refractivity contribution in [2.24, 2.45) is 23.5 Å². The Labute approximate surface area is 104 Å². The van der Waals surface area contributed by atoms with Crippen molar-refractivity contribution in [2.75, 3.05) is 6.54 Å². The van der Waals surface area contributed by atoms with Gasteiger partial charge in [0.05, 0.1) is 0 Å². The molecule has 0 heterocycles. The van der Waals surface area contributed by atoms with E-state index in [9.17, 15) is 0 Å². The molecule has 2 aliphatic rings. The van der Waals surface area contributed by atoms with Crippen molar-refractivity contribution in [3.8, 4) is 0 Å². The number of hydrogen-bond acceptors (Lipinski definition) is 2. The van der Waals surface area contributed by atoms with Gasteiger partial charge < -0.3 is 11.1 Å². The average molecular weight is 230 g/mol. The molecule has 0 amide bonds. The molecule has 92 valence electrons. The van der Waals surface area contributed by atoms with Crippen LogP contribution in [-0.4, -0.2) is 12.6 Å². The lowest BCUT2D eigenvalue weighted by Gasteiger charge is -2.28. The van der Waals surface area contributed by atoms with Gasteiger partial charge in [0.2, 0.25) is 0 Å². The third-order valence-corrected chi connectivity index (χ3v) is 4.71. The lowest BCUT2D eigenvalue weighted by Crippen LogP contribution is -2.41. The average Bonchev–Trinajstić information content (AvgIpc) is 2.94. The van der Waals surface area contributed by atoms with Gasteiger partial charge in [-0.2, -0.15) is 0 Å². The third kappa shape index (κ3) is 2.24. The van der Waals surface area contributed by atoms with Crippen LogP contribution in [0.25, 0.3) is 0 Å². The van der Waals surface area contributed by atoms with E-state index in [0.29, 0.717) is 6.04 Å². The number of nitrogens with one attached hydrogen (secondary N) is 1. The Morgan fingerprint density at radius 3 is 2.59 bits per heavy atom. The molecule has 0 spiro atoms. The maximum Gasteiger partial charge on any atom is 0.0205 e. The summed E-state index contributed by atoms with van der Waals surface area (Å²) in [7, 11) is 0. The summed E-state index contributed by atoms with van der Waals surface area (Å²) in [5.41, 5.74) is 7.67. The molecule has 0 aliphatic heterocycles. The van der Waals surface area contributed by atoms with Crippen LogP contribution in [0.5, 0.6) is 0 Å². The lowest BCUT2D eigenvalue weighted by molar-refractivity contribution is 0.278. The van der Waals surface area contributed by atoms with E-state index in [-0.39, 0.29) is 0 Å². The van der Waals surface area contributed by atoms with E-state index >= 15 is 0 Å². The van der Waals surface area contributed by atoms with E-state index in [2.05, 4.69) is 35.6 Å². The highest BCUT2D eigenvalue weighted by atomic mass is 14.9. The van der Waals surface area contributed by atoms with Crippen LogP contribution in [0.2, 0.25) is 0 Å². The Morgan fingerprint density at radius 1 is 1.12 bits per heavy atom. The SMILES string of the molecule is NC1C2CCC(C2)C1CNCc1ccccc1. The van der Waals surface area contributed by atoms with Crippen LogP contribution in [0, 0.1) is 17.8 Å². The Hall–Kier alpha value is -0.860. The fraction of sp³-hybridized carbons (Fsp3) is 0.600. The molecule has 2 heteroatoms. The van der Waals surface area contributed by atoms with Gasteiger partial charge in [-0.15, -0.1) is 0 Å². The quantitative estimate of drug-likeness (QED) is 0.831. The zero-order valence-corrected chi connectivity index (χ0v) is 10.3. The maximum atomic E-state index is 6.30. The van der Waals surface area contributed by atoms with E-state index in [1.165, 1.54) is 24.8 Å². The molecular weight excluding hydrogens is 208 g/mol. The fourth-order valence-corrected chi connectivity index (χ4v) is 3.74. The molecule has 0 radical (unpaired) electrons. The molecular formula is C15H22N2. The van der Waals surface area contributed by atoms with Crippen molar-refractivity contribution >= 4 is 0 Å². The summed E-state index contributed by atoms with van der Waals surface area (Å²) in [6, 6.07) is 11.1. The normalized spacial score (nSPS) is 35.4. The monoisotopic (exact) mass is 230 g/mol. The highest BCUT2D eigenvalue weighted by Crippen LogP contribution is 2.47. The topological polar surface area (TPSA) is 38.0 Å². The highest BCUT2D eigenvalue weighted by Gasteiger charge is 2.45. The fourth-order valence-electron chi connectivity index (χ4n) is 3.74. The van der Waals surface area contributed by atoms with Gasteiger partial charge in [-0.1, -0.05) is 30.3 Å². The number of nitrogens with two attached hydrogens (primary N) is 1. The summed E-state index contributed by atoms with van der Waals surface area (Å²) in [5.74, 6) is 2.44. The van der Waals surface area contributed by atoms with E-state index in [4.69, 9.17) is 5.73 Å². The van der Waals surface area contributed by atoms with Crippen molar-refractivity contribution < 1.29 is 0 Å². The van der Waals surface area contributed by atoms with Gasteiger partial charge in [0, 0.05) is 19.1 Å². The molecule has 1 aromatic rings. The molecule has 2 saturated carbocycles. The van der Waals surface area contributed by atoms with Crippen molar-refractivity contribution in [3.63, 3.8) is 0 Å². The minimum atomic E-state index is 0.456. The minimum absolute atomic E-state index is 0.456. The number of fused-ring (bicyclic) bond motifs is 2. The lowest BCUT2D eigenvalue weighted by atomic mass is 9.85. The zero-order valence-electron chi connectivity index (χ0n) is 10.3. The molecule has 3 rings (SSSR count). The summed E-state index contributed by atoms with van der Waals surface area (Å²) in [5, 5.41) is 3.58. The second kappa shape index (κ2) is 4.79. The summed E-state index contributed by atoms with van der Waals surface area (Å²) in [6.07, 6.45) is 4.18. The molecule has 0 aromatic heterocycles. The van der Waals surface area contributed by atoms with Crippen LogP contribution in [0.3, 0.4) is 0 Å². The molecule has 0 saturated heterocycles. The summed E-state index contributed by atoms with van der Waals surface area (Å²) in [6.45, 7) is 2.07. The molecule has 2 nitrogen and oxygen atoms in total. The minimum Gasteiger partial charge on any atom is -0.327 e. The van der Waals surface area contributed by atoms with Crippen LogP contribution in [0.1, 0.15) is 24.8 Å². The van der Waals surface area contributed by atoms with Gasteiger partial charge in [0.1, 0.15) is 0 Å². The first-order valence-corrected chi connectivity index (χ1v) is 6.85. The van der Waals surface area contributed by atoms with Crippen molar-refractivity contribution in [3.05, 3.63) is 35.9 Å². The second-order valence-electron chi connectivity index (χ2n) is 5.69. The van der Waals surface area contributed by atoms with Gasteiger partial charge in [-0.05, 0) is 42.6 Å². The van der Waals surface area contributed by atoms with Gasteiger partial charge >= 0.3 is 0 Å². The summed E-state index contributed by atoms with van der Waals surface area (Å²) >= 11 is 0. The smallest absolute Gasteiger partial charge is 0.0205 e. The molecule has 2 fully saturated rings. The Bertz CT molecular complexity index is 360. The number of benzene rings is 1. The van der Waals surface area contributed by atoms with E-state index in [1.54, 1.807) is 0 Å². The summed E-state index contributed by atoms with van der Waals surface area (Å²) in [4.78, 5) is 0. The summed E-state index contributed by atoms with van der Waals surface area (Å²) < 4.78 is 0. The molecule has 1 aromatic carbocycles. The third-order valence-electron chi connectivity index (χ3n) is 4.71. The van der Waals surface area contributed by atoms with Crippen molar-refractivity contribution in [2.45, 2.75) is 31.8 Å². The van der Waals surface area contributed by atoms with Gasteiger partial charge in [0.15, 0.2) is 0 Å². The van der Waals surface area contributed by atoms with Crippen molar-refractivity contribution in [1.29, 1.82) is 0 Å².